The van der Waals surface area contributed by atoms with E-state index in [0.717, 1.165) is 52.5 Å². The minimum atomic E-state index is -0.490. The van der Waals surface area contributed by atoms with Crippen LogP contribution in [0.3, 0.4) is 0 Å². The van der Waals surface area contributed by atoms with Crippen LogP contribution in [0.1, 0.15) is 36.4 Å². The van der Waals surface area contributed by atoms with Crippen molar-refractivity contribution in [1.82, 2.24) is 15.6 Å². The van der Waals surface area contributed by atoms with Gasteiger partial charge in [0, 0.05) is 23.8 Å². The summed E-state index contributed by atoms with van der Waals surface area (Å²) >= 11 is 1.40. The summed E-state index contributed by atoms with van der Waals surface area (Å²) in [5, 5.41) is 6.46. The number of amides is 3. The molecule has 0 radical (unpaired) electrons. The minimum Gasteiger partial charge on any atom is -0.457 e. The van der Waals surface area contributed by atoms with Crippen LogP contribution in [-0.4, -0.2) is 34.3 Å². The van der Waals surface area contributed by atoms with E-state index in [0.29, 0.717) is 5.75 Å². The fourth-order valence-corrected chi connectivity index (χ4v) is 6.50. The molecular weight excluding hydrogens is 474 g/mol. The standard InChI is InChI=1S/C27H27N5O3S/c1-15-14-17(35-16-6-3-2-4-7-16)10-11-20(15)32-21-12-13-29-26-22(21)23(31-27(32)34)24(36-26)25(33)30-19-9-5-8-18(19)28/h2-4,6-7,10-14,18-19,23-24H,5,8-9,28H2,1H3,(H,30,33)(H,31,34)/t18-,19+,23?,24?/m0/s1. The highest BCUT2D eigenvalue weighted by molar-refractivity contribution is 8.01. The molecule has 4 atom stereocenters. The molecule has 0 spiro atoms. The summed E-state index contributed by atoms with van der Waals surface area (Å²) in [6.07, 6.45) is 4.51. The van der Waals surface area contributed by atoms with E-state index in [9.17, 15) is 9.59 Å². The lowest BCUT2D eigenvalue weighted by Gasteiger charge is -2.35. The molecule has 1 fully saturated rings. The average molecular weight is 502 g/mol. The Hall–Kier alpha value is -3.56. The molecule has 6 rings (SSSR count). The Morgan fingerprint density at radius 2 is 1.97 bits per heavy atom. The molecule has 2 aliphatic heterocycles. The zero-order chi connectivity index (χ0) is 24.8. The van der Waals surface area contributed by atoms with Crippen molar-refractivity contribution in [2.45, 2.75) is 54.6 Å². The Kier molecular flexibility index (Phi) is 5.81. The van der Waals surface area contributed by atoms with Gasteiger partial charge in [0.2, 0.25) is 5.91 Å². The molecule has 0 saturated heterocycles. The third-order valence-electron chi connectivity index (χ3n) is 7.05. The van der Waals surface area contributed by atoms with Crippen molar-refractivity contribution in [2.24, 2.45) is 5.73 Å². The molecule has 3 heterocycles. The van der Waals surface area contributed by atoms with Gasteiger partial charge in [-0.2, -0.15) is 0 Å². The van der Waals surface area contributed by atoms with Gasteiger partial charge in [-0.25, -0.2) is 9.78 Å². The van der Waals surface area contributed by atoms with Gasteiger partial charge >= 0.3 is 6.03 Å². The molecule has 9 heteroatoms. The first-order valence-corrected chi connectivity index (χ1v) is 13.0. The molecule has 0 bridgehead atoms. The summed E-state index contributed by atoms with van der Waals surface area (Å²) in [6, 6.07) is 16.3. The minimum absolute atomic E-state index is 0.0235. The first-order valence-electron chi connectivity index (χ1n) is 12.2. The van der Waals surface area contributed by atoms with E-state index in [1.54, 1.807) is 11.1 Å². The fraction of sp³-hybridized carbons (Fsp3) is 0.296. The topological polar surface area (TPSA) is 110 Å². The summed E-state index contributed by atoms with van der Waals surface area (Å²) in [7, 11) is 0. The highest BCUT2D eigenvalue weighted by Crippen LogP contribution is 2.51. The zero-order valence-corrected chi connectivity index (χ0v) is 20.6. The Morgan fingerprint density at radius 3 is 2.72 bits per heavy atom. The normalized spacial score (nSPS) is 24.3. The Labute approximate surface area is 213 Å². The number of hydrogen-bond donors (Lipinski definition) is 3. The summed E-state index contributed by atoms with van der Waals surface area (Å²) in [6.45, 7) is 1.95. The lowest BCUT2D eigenvalue weighted by Crippen LogP contribution is -2.52. The molecule has 2 aromatic carbocycles. The van der Waals surface area contributed by atoms with Crippen LogP contribution in [0.4, 0.5) is 16.2 Å². The van der Waals surface area contributed by atoms with Crippen LogP contribution >= 0.6 is 11.8 Å². The predicted octanol–water partition coefficient (Wildman–Crippen LogP) is 4.56. The number of ether oxygens (including phenoxy) is 1. The highest BCUT2D eigenvalue weighted by Gasteiger charge is 2.47. The van der Waals surface area contributed by atoms with Crippen molar-refractivity contribution in [2.75, 3.05) is 4.90 Å². The SMILES string of the molecule is Cc1cc(Oc2ccccc2)ccc1N1C(=O)NC2c3c1ccnc3SC2C(=O)N[C@@H]1CCC[C@@H]1N. The number of thioether (sulfide) groups is 1. The molecule has 184 valence electrons. The van der Waals surface area contributed by atoms with Crippen LogP contribution in [0, 0.1) is 6.92 Å². The van der Waals surface area contributed by atoms with Gasteiger partial charge in [0.1, 0.15) is 21.8 Å². The number of aryl methyl sites for hydroxylation is 1. The number of carbonyl (C=O) groups is 2. The van der Waals surface area contributed by atoms with Crippen molar-refractivity contribution in [3.8, 4) is 11.5 Å². The first-order chi connectivity index (χ1) is 17.5. The largest absolute Gasteiger partial charge is 0.457 e. The Balaban J connectivity index is 1.28. The van der Waals surface area contributed by atoms with Crippen LogP contribution in [0.25, 0.3) is 0 Å². The maximum absolute atomic E-state index is 13.4. The summed E-state index contributed by atoms with van der Waals surface area (Å²) in [4.78, 5) is 32.9. The molecule has 2 unspecified atom stereocenters. The average Bonchev–Trinajstić information content (AvgIpc) is 3.45. The lowest BCUT2D eigenvalue weighted by atomic mass is 9.99. The van der Waals surface area contributed by atoms with E-state index in [2.05, 4.69) is 15.6 Å². The van der Waals surface area contributed by atoms with Gasteiger partial charge in [0.05, 0.1) is 17.4 Å². The van der Waals surface area contributed by atoms with Crippen molar-refractivity contribution in [1.29, 1.82) is 0 Å². The van der Waals surface area contributed by atoms with Crippen LogP contribution < -0.4 is 26.0 Å². The van der Waals surface area contributed by atoms with Crippen molar-refractivity contribution < 1.29 is 14.3 Å². The number of rotatable bonds is 5. The summed E-state index contributed by atoms with van der Waals surface area (Å²) in [5.74, 6) is 1.33. The Morgan fingerprint density at radius 1 is 1.14 bits per heavy atom. The molecule has 4 N–H and O–H groups in total. The fourth-order valence-electron chi connectivity index (χ4n) is 5.26. The van der Waals surface area contributed by atoms with E-state index in [-0.39, 0.29) is 24.0 Å². The maximum Gasteiger partial charge on any atom is 0.327 e. The second-order valence-corrected chi connectivity index (χ2v) is 10.6. The third-order valence-corrected chi connectivity index (χ3v) is 8.34. The van der Waals surface area contributed by atoms with E-state index >= 15 is 0 Å². The summed E-state index contributed by atoms with van der Waals surface area (Å²) < 4.78 is 5.96. The number of nitrogens with zero attached hydrogens (tertiary/aromatic N) is 2. The number of urea groups is 1. The van der Waals surface area contributed by atoms with Crippen LogP contribution in [0.2, 0.25) is 0 Å². The molecule has 36 heavy (non-hydrogen) atoms. The van der Waals surface area contributed by atoms with Gasteiger partial charge in [0.25, 0.3) is 0 Å². The Bertz CT molecular complexity index is 1330. The second-order valence-electron chi connectivity index (χ2n) is 9.42. The van der Waals surface area contributed by atoms with Gasteiger partial charge < -0.3 is 21.1 Å². The molecule has 1 aromatic heterocycles. The summed E-state index contributed by atoms with van der Waals surface area (Å²) in [5.41, 5.74) is 9.42. The molecule has 1 aliphatic carbocycles. The van der Waals surface area contributed by atoms with Gasteiger partial charge in [0.15, 0.2) is 0 Å². The zero-order valence-electron chi connectivity index (χ0n) is 19.8. The van der Waals surface area contributed by atoms with E-state index in [1.807, 2.05) is 61.5 Å². The lowest BCUT2D eigenvalue weighted by molar-refractivity contribution is -0.121. The predicted molar refractivity (Wildman–Crippen MR) is 139 cm³/mol. The number of nitrogens with two attached hydrogens (primary N) is 1. The number of para-hydroxylation sites is 1. The van der Waals surface area contributed by atoms with Gasteiger partial charge in [-0.05, 0) is 68.1 Å². The van der Waals surface area contributed by atoms with Gasteiger partial charge in [-0.3, -0.25) is 9.69 Å². The molecule has 8 nitrogen and oxygen atoms in total. The van der Waals surface area contributed by atoms with Gasteiger partial charge in [-0.15, -0.1) is 0 Å². The third kappa shape index (κ3) is 3.98. The molecule has 3 amide bonds. The number of pyridine rings is 1. The van der Waals surface area contributed by atoms with Crippen LogP contribution in [-0.2, 0) is 4.79 Å². The van der Waals surface area contributed by atoms with E-state index in [1.165, 1.54) is 11.8 Å². The van der Waals surface area contributed by atoms with Crippen LogP contribution in [0.15, 0.2) is 65.8 Å². The van der Waals surface area contributed by atoms with Crippen LogP contribution in [0.5, 0.6) is 11.5 Å². The number of nitrogens with one attached hydrogen (secondary N) is 2. The van der Waals surface area contributed by atoms with E-state index < -0.39 is 11.3 Å². The van der Waals surface area contributed by atoms with Crippen molar-refractivity contribution >= 4 is 35.1 Å². The smallest absolute Gasteiger partial charge is 0.327 e. The highest BCUT2D eigenvalue weighted by atomic mass is 32.2. The number of anilines is 2. The monoisotopic (exact) mass is 501 g/mol. The number of hydrogen-bond acceptors (Lipinski definition) is 6. The molecule has 1 saturated carbocycles. The maximum atomic E-state index is 13.4. The number of carbonyl (C=O) groups excluding carboxylic acids is 2. The van der Waals surface area contributed by atoms with Crippen molar-refractivity contribution in [3.63, 3.8) is 0 Å². The number of benzene rings is 2. The second kappa shape index (κ2) is 9.15. The van der Waals surface area contributed by atoms with Gasteiger partial charge in [-0.1, -0.05) is 30.0 Å². The van der Waals surface area contributed by atoms with E-state index in [4.69, 9.17) is 10.5 Å². The molecule has 3 aliphatic rings. The number of aromatic nitrogens is 1. The molecular formula is C27H27N5O3S. The quantitative estimate of drug-likeness (QED) is 0.473. The molecule has 3 aromatic rings. The first kappa shape index (κ1) is 22.9. The van der Waals surface area contributed by atoms with Crippen molar-refractivity contribution in [3.05, 3.63) is 71.9 Å².